The molecule has 2 amide bonds. The van der Waals surface area contributed by atoms with Crippen molar-refractivity contribution in [2.45, 2.75) is 24.4 Å². The van der Waals surface area contributed by atoms with Gasteiger partial charge >= 0.3 is 0 Å². The molecule has 2 N–H and O–H groups in total. The van der Waals surface area contributed by atoms with E-state index in [2.05, 4.69) is 10.0 Å². The predicted octanol–water partition coefficient (Wildman–Crippen LogP) is 5.05. The first-order valence-corrected chi connectivity index (χ1v) is 14.5. The summed E-state index contributed by atoms with van der Waals surface area (Å²) < 4.78 is 60.2. The lowest BCUT2D eigenvalue weighted by atomic mass is 10.0. The van der Waals surface area contributed by atoms with Crippen molar-refractivity contribution in [2.24, 2.45) is 0 Å². The number of sulfonamides is 1. The minimum absolute atomic E-state index is 0.00536. The molecule has 0 aromatic heterocycles. The molecule has 8 nitrogen and oxygen atoms in total. The molecule has 218 valence electrons. The number of amides is 2. The highest BCUT2D eigenvalue weighted by atomic mass is 32.2. The van der Waals surface area contributed by atoms with Gasteiger partial charge in [0, 0.05) is 18.8 Å². The van der Waals surface area contributed by atoms with Crippen LogP contribution in [-0.4, -0.2) is 38.3 Å². The molecule has 0 heterocycles. The second-order valence-electron chi connectivity index (χ2n) is 9.23. The minimum atomic E-state index is -3.96. The maximum Gasteiger partial charge on any atom is 0.261 e. The highest BCUT2D eigenvalue weighted by molar-refractivity contribution is 7.92. The molecule has 0 spiro atoms. The molecule has 0 fully saturated rings. The molecule has 4 aromatic rings. The zero-order valence-electron chi connectivity index (χ0n) is 22.7. The van der Waals surface area contributed by atoms with E-state index in [0.29, 0.717) is 17.7 Å². The van der Waals surface area contributed by atoms with Gasteiger partial charge in [-0.15, -0.1) is 0 Å². The topological polar surface area (TPSA) is 105 Å². The van der Waals surface area contributed by atoms with E-state index in [9.17, 15) is 26.8 Å². The van der Waals surface area contributed by atoms with E-state index in [-0.39, 0.29) is 28.8 Å². The second-order valence-corrected chi connectivity index (χ2v) is 10.9. The van der Waals surface area contributed by atoms with Crippen LogP contribution in [0, 0.1) is 11.6 Å². The summed E-state index contributed by atoms with van der Waals surface area (Å²) in [5.41, 5.74) is 1.39. The molecule has 0 aliphatic rings. The van der Waals surface area contributed by atoms with Crippen molar-refractivity contribution < 1.29 is 31.5 Å². The fourth-order valence-electron chi connectivity index (χ4n) is 4.16. The van der Waals surface area contributed by atoms with Gasteiger partial charge in [0.15, 0.2) is 6.61 Å². The fourth-order valence-corrected chi connectivity index (χ4v) is 5.22. The summed E-state index contributed by atoms with van der Waals surface area (Å²) in [5.74, 6) is -1.61. The second kappa shape index (κ2) is 13.7. The molecule has 0 radical (unpaired) electrons. The highest BCUT2D eigenvalue weighted by Crippen LogP contribution is 2.25. The Morgan fingerprint density at radius 3 is 2.02 bits per heavy atom. The normalized spacial score (nSPS) is 11.8. The molecule has 0 bridgehead atoms. The van der Waals surface area contributed by atoms with Crippen molar-refractivity contribution in [3.8, 4) is 5.75 Å². The van der Waals surface area contributed by atoms with Gasteiger partial charge in [-0.25, -0.2) is 17.2 Å². The van der Waals surface area contributed by atoms with E-state index >= 15 is 0 Å². The van der Waals surface area contributed by atoms with Crippen molar-refractivity contribution in [1.82, 2.24) is 10.2 Å². The van der Waals surface area contributed by atoms with Crippen LogP contribution in [0.25, 0.3) is 0 Å². The van der Waals surface area contributed by atoms with Crippen molar-refractivity contribution in [2.75, 3.05) is 17.9 Å². The van der Waals surface area contributed by atoms with Crippen LogP contribution in [-0.2, 0) is 26.2 Å². The number of nitrogens with zero attached hydrogens (tertiary/aromatic N) is 1. The predicted molar refractivity (Wildman–Crippen MR) is 154 cm³/mol. The van der Waals surface area contributed by atoms with E-state index in [0.717, 1.165) is 12.1 Å². The number of likely N-dealkylation sites (N-methyl/N-ethyl adjacent to an activating group) is 1. The Morgan fingerprint density at radius 1 is 0.833 bits per heavy atom. The number of anilines is 1. The number of carbonyl (C=O) groups excluding carboxylic acids is 2. The molecule has 0 unspecified atom stereocenters. The first kappa shape index (κ1) is 30.2. The number of halogens is 2. The molecule has 1 atom stereocenters. The summed E-state index contributed by atoms with van der Waals surface area (Å²) in [6.07, 6.45) is 0. The summed E-state index contributed by atoms with van der Waals surface area (Å²) in [6.45, 7) is 1.67. The van der Waals surface area contributed by atoms with E-state index in [1.807, 2.05) is 0 Å². The zero-order chi connectivity index (χ0) is 30.1. The molecular weight excluding hydrogens is 564 g/mol. The molecular formula is C31H29F2N3O5S. The summed E-state index contributed by atoms with van der Waals surface area (Å²) in [4.78, 5) is 28.1. The first-order valence-electron chi connectivity index (χ1n) is 13.0. The zero-order valence-corrected chi connectivity index (χ0v) is 23.5. The third kappa shape index (κ3) is 7.91. The van der Waals surface area contributed by atoms with Gasteiger partial charge in [-0.05, 0) is 78.7 Å². The lowest BCUT2D eigenvalue weighted by molar-refractivity contribution is -0.143. The third-order valence-corrected chi connectivity index (χ3v) is 7.60. The Kier molecular flexibility index (Phi) is 9.87. The van der Waals surface area contributed by atoms with E-state index in [1.165, 1.54) is 65.6 Å². The van der Waals surface area contributed by atoms with Crippen LogP contribution in [0.15, 0.2) is 108 Å². The van der Waals surface area contributed by atoms with Crippen LogP contribution in [0.1, 0.15) is 24.1 Å². The average molecular weight is 594 g/mol. The summed E-state index contributed by atoms with van der Waals surface area (Å²) >= 11 is 0. The standard InChI is InChI=1S/C31H29F2N3O5S/c1-2-34-31(38)30(23-6-4-3-5-7-23)36(20-22-8-10-24(32)11-9-22)29(37)21-41-27-16-18-28(19-17-27)42(39,40)35-26-14-12-25(33)13-15-26/h3-19,30,35H,2,20-21H2,1H3,(H,34,38)/t30-/m0/s1. The summed E-state index contributed by atoms with van der Waals surface area (Å²) in [6, 6.07) is 23.7. The van der Waals surface area contributed by atoms with Crippen LogP contribution in [0.3, 0.4) is 0 Å². The Balaban J connectivity index is 1.52. The Morgan fingerprint density at radius 2 is 1.43 bits per heavy atom. The van der Waals surface area contributed by atoms with E-state index < -0.39 is 40.2 Å². The number of hydrogen-bond acceptors (Lipinski definition) is 5. The van der Waals surface area contributed by atoms with Gasteiger partial charge in [0.2, 0.25) is 5.91 Å². The Labute approximate surface area is 243 Å². The number of carbonyl (C=O) groups is 2. The summed E-state index contributed by atoms with van der Waals surface area (Å²) in [7, 11) is -3.96. The largest absolute Gasteiger partial charge is 0.484 e. The average Bonchev–Trinajstić information content (AvgIpc) is 2.98. The number of rotatable bonds is 12. The van der Waals surface area contributed by atoms with Crippen molar-refractivity contribution >= 4 is 27.5 Å². The molecule has 42 heavy (non-hydrogen) atoms. The number of nitrogens with one attached hydrogen (secondary N) is 2. The van der Waals surface area contributed by atoms with Gasteiger partial charge in [-0.2, -0.15) is 0 Å². The van der Waals surface area contributed by atoms with Crippen LogP contribution >= 0.6 is 0 Å². The van der Waals surface area contributed by atoms with Gasteiger partial charge in [0.1, 0.15) is 23.4 Å². The third-order valence-electron chi connectivity index (χ3n) is 6.21. The quantitative estimate of drug-likeness (QED) is 0.239. The lowest BCUT2D eigenvalue weighted by Gasteiger charge is -2.31. The monoisotopic (exact) mass is 593 g/mol. The van der Waals surface area contributed by atoms with Crippen LogP contribution < -0.4 is 14.8 Å². The molecule has 4 aromatic carbocycles. The van der Waals surface area contributed by atoms with Gasteiger partial charge in [-0.1, -0.05) is 42.5 Å². The van der Waals surface area contributed by atoms with Crippen LogP contribution in [0.2, 0.25) is 0 Å². The summed E-state index contributed by atoms with van der Waals surface area (Å²) in [5, 5.41) is 2.77. The fraction of sp³-hybridized carbons (Fsp3) is 0.161. The first-order chi connectivity index (χ1) is 20.2. The molecule has 0 aliphatic heterocycles. The van der Waals surface area contributed by atoms with Gasteiger partial charge in [0.25, 0.3) is 15.9 Å². The van der Waals surface area contributed by atoms with Crippen molar-refractivity contribution in [1.29, 1.82) is 0 Å². The molecule has 0 aliphatic carbocycles. The number of hydrogen-bond donors (Lipinski definition) is 2. The van der Waals surface area contributed by atoms with Crippen molar-refractivity contribution in [3.63, 3.8) is 0 Å². The van der Waals surface area contributed by atoms with Crippen LogP contribution in [0.5, 0.6) is 5.75 Å². The SMILES string of the molecule is CCNC(=O)[C@H](c1ccccc1)N(Cc1ccc(F)cc1)C(=O)COc1ccc(S(=O)(=O)Nc2ccc(F)cc2)cc1. The van der Waals surface area contributed by atoms with E-state index in [1.54, 1.807) is 37.3 Å². The molecule has 0 saturated heterocycles. The van der Waals surface area contributed by atoms with Gasteiger partial charge in [-0.3, -0.25) is 14.3 Å². The molecule has 4 rings (SSSR count). The van der Waals surface area contributed by atoms with Gasteiger partial charge < -0.3 is 15.0 Å². The lowest BCUT2D eigenvalue weighted by Crippen LogP contribution is -2.45. The van der Waals surface area contributed by atoms with Crippen LogP contribution in [0.4, 0.5) is 14.5 Å². The number of benzene rings is 4. The maximum absolute atomic E-state index is 13.6. The Bertz CT molecular complexity index is 1600. The van der Waals surface area contributed by atoms with Crippen molar-refractivity contribution in [3.05, 3.63) is 126 Å². The molecule has 0 saturated carbocycles. The molecule has 11 heteroatoms. The Hall–Kier alpha value is -4.77. The number of ether oxygens (including phenoxy) is 1. The highest BCUT2D eigenvalue weighted by Gasteiger charge is 2.31. The maximum atomic E-state index is 13.6. The minimum Gasteiger partial charge on any atom is -0.484 e. The smallest absolute Gasteiger partial charge is 0.261 e. The van der Waals surface area contributed by atoms with E-state index in [4.69, 9.17) is 4.74 Å². The van der Waals surface area contributed by atoms with Gasteiger partial charge in [0.05, 0.1) is 4.90 Å².